The molecule has 0 bridgehead atoms. The van der Waals surface area contributed by atoms with E-state index in [1.54, 1.807) is 22.1 Å². The highest BCUT2D eigenvalue weighted by atomic mass is 32.1. The minimum atomic E-state index is -0.207. The molecule has 3 amide bonds. The van der Waals surface area contributed by atoms with Gasteiger partial charge in [0.05, 0.1) is 19.1 Å². The summed E-state index contributed by atoms with van der Waals surface area (Å²) in [5, 5.41) is 5.41. The number of benzene rings is 1. The first kappa shape index (κ1) is 26.7. The van der Waals surface area contributed by atoms with Crippen LogP contribution in [0.4, 0.5) is 10.5 Å². The van der Waals surface area contributed by atoms with Crippen molar-refractivity contribution < 1.29 is 19.1 Å². The number of amides is 3. The molecule has 3 rings (SSSR count). The van der Waals surface area contributed by atoms with Gasteiger partial charge in [-0.2, -0.15) is 0 Å². The first-order chi connectivity index (χ1) is 16.7. The molecule has 1 fully saturated rings. The third kappa shape index (κ3) is 7.04. The molecule has 1 N–H and O–H groups in total. The molecule has 0 atom stereocenters. The lowest BCUT2D eigenvalue weighted by atomic mass is 9.97. The summed E-state index contributed by atoms with van der Waals surface area (Å²) in [6.45, 7) is 11.7. The minimum Gasteiger partial charge on any atom is -0.466 e. The van der Waals surface area contributed by atoms with Gasteiger partial charge in [0.1, 0.15) is 10.7 Å². The predicted molar refractivity (Wildman–Crippen MR) is 138 cm³/mol. The molecular weight excluding hydrogens is 464 g/mol. The van der Waals surface area contributed by atoms with Crippen LogP contribution in [0.1, 0.15) is 74.4 Å². The Labute approximate surface area is 211 Å². The Kier molecular flexibility index (Phi) is 9.26. The van der Waals surface area contributed by atoms with Crippen LogP contribution in [0, 0.1) is 5.92 Å². The van der Waals surface area contributed by atoms with Gasteiger partial charge in [-0.05, 0) is 57.2 Å². The summed E-state index contributed by atoms with van der Waals surface area (Å²) in [5.74, 6) is -0.0404. The fraction of sp³-hybridized carbons (Fsp3) is 0.538. The number of nitrogens with zero attached hydrogens (tertiary/aromatic N) is 3. The second-order valence-electron chi connectivity index (χ2n) is 9.37. The highest BCUT2D eigenvalue weighted by Crippen LogP contribution is 2.23. The normalized spacial score (nSPS) is 14.3. The Morgan fingerprint density at radius 2 is 1.80 bits per heavy atom. The average molecular weight is 501 g/mol. The molecule has 1 aromatic carbocycles. The summed E-state index contributed by atoms with van der Waals surface area (Å²) in [4.78, 5) is 45.8. The first-order valence-electron chi connectivity index (χ1n) is 12.3. The lowest BCUT2D eigenvalue weighted by molar-refractivity contribution is -0.149. The maximum atomic E-state index is 13.0. The molecule has 0 radical (unpaired) electrons. The number of esters is 1. The topological polar surface area (TPSA) is 91.8 Å². The van der Waals surface area contributed by atoms with Crippen molar-refractivity contribution in [1.82, 2.24) is 14.8 Å². The monoisotopic (exact) mass is 500 g/mol. The number of anilines is 1. The Bertz CT molecular complexity index is 1010. The number of nitrogens with one attached hydrogen (secondary N) is 1. The molecule has 35 heavy (non-hydrogen) atoms. The van der Waals surface area contributed by atoms with E-state index < -0.39 is 0 Å². The molecule has 1 aliphatic heterocycles. The summed E-state index contributed by atoms with van der Waals surface area (Å²) in [6.07, 6.45) is 1.20. The van der Waals surface area contributed by atoms with Crippen molar-refractivity contribution in [2.24, 2.45) is 5.92 Å². The first-order valence-corrected chi connectivity index (χ1v) is 13.1. The minimum absolute atomic E-state index is 0.0464. The van der Waals surface area contributed by atoms with Crippen molar-refractivity contribution in [1.29, 1.82) is 0 Å². The van der Waals surface area contributed by atoms with Gasteiger partial charge >= 0.3 is 12.0 Å². The molecule has 2 heterocycles. The van der Waals surface area contributed by atoms with E-state index in [4.69, 9.17) is 4.74 Å². The second kappa shape index (κ2) is 12.2. The number of aromatic nitrogens is 1. The highest BCUT2D eigenvalue weighted by Gasteiger charge is 2.30. The van der Waals surface area contributed by atoms with Crippen LogP contribution >= 0.6 is 11.3 Å². The van der Waals surface area contributed by atoms with Gasteiger partial charge in [0.2, 0.25) is 0 Å². The molecule has 8 nitrogen and oxygen atoms in total. The van der Waals surface area contributed by atoms with E-state index in [2.05, 4.69) is 24.1 Å². The number of carbonyl (C=O) groups is 3. The van der Waals surface area contributed by atoms with Crippen LogP contribution in [0.3, 0.4) is 0 Å². The molecule has 9 heteroatoms. The number of hydrogen-bond acceptors (Lipinski definition) is 6. The number of rotatable bonds is 8. The fourth-order valence-corrected chi connectivity index (χ4v) is 4.77. The molecule has 190 valence electrons. The van der Waals surface area contributed by atoms with Gasteiger partial charge in [0.15, 0.2) is 0 Å². The summed E-state index contributed by atoms with van der Waals surface area (Å²) < 4.78 is 5.10. The van der Waals surface area contributed by atoms with Crippen LogP contribution in [0.25, 0.3) is 0 Å². The molecule has 2 aromatic rings. The van der Waals surface area contributed by atoms with Crippen molar-refractivity contribution in [3.63, 3.8) is 0 Å². The Morgan fingerprint density at radius 3 is 2.37 bits per heavy atom. The van der Waals surface area contributed by atoms with Gasteiger partial charge in [0.25, 0.3) is 5.91 Å². The van der Waals surface area contributed by atoms with Gasteiger partial charge in [-0.15, -0.1) is 11.3 Å². The summed E-state index contributed by atoms with van der Waals surface area (Å²) in [6, 6.07) is 7.62. The van der Waals surface area contributed by atoms with Crippen LogP contribution in [0.15, 0.2) is 29.6 Å². The third-order valence-electron chi connectivity index (χ3n) is 6.19. The van der Waals surface area contributed by atoms with Gasteiger partial charge in [0, 0.05) is 30.2 Å². The quantitative estimate of drug-likeness (QED) is 0.508. The van der Waals surface area contributed by atoms with Crippen molar-refractivity contribution in [2.45, 2.75) is 66.0 Å². The summed E-state index contributed by atoms with van der Waals surface area (Å²) in [7, 11) is 0. The van der Waals surface area contributed by atoms with E-state index in [9.17, 15) is 14.4 Å². The zero-order valence-corrected chi connectivity index (χ0v) is 22.1. The highest BCUT2D eigenvalue weighted by molar-refractivity contribution is 7.09. The molecule has 0 saturated carbocycles. The molecular formula is C26H36N4O4S. The van der Waals surface area contributed by atoms with Crippen LogP contribution in [0.2, 0.25) is 0 Å². The van der Waals surface area contributed by atoms with E-state index in [1.807, 2.05) is 38.1 Å². The predicted octanol–water partition coefficient (Wildman–Crippen LogP) is 5.12. The van der Waals surface area contributed by atoms with E-state index in [0.717, 1.165) is 5.69 Å². The number of urea groups is 1. The third-order valence-corrected chi connectivity index (χ3v) is 7.02. The summed E-state index contributed by atoms with van der Waals surface area (Å²) >= 11 is 1.37. The molecule has 1 aromatic heterocycles. The van der Waals surface area contributed by atoms with Gasteiger partial charge in [-0.25, -0.2) is 9.78 Å². The molecule has 0 spiro atoms. The van der Waals surface area contributed by atoms with E-state index in [-0.39, 0.29) is 29.9 Å². The number of thiazole rings is 1. The van der Waals surface area contributed by atoms with Crippen molar-refractivity contribution in [3.05, 3.63) is 45.9 Å². The standard InChI is InChI=1S/C26H36N4O4S/c1-6-34-25(32)20-11-13-29(14-12-20)24(31)22-16-35-23(28-22)15-30(18(4)5)26(33)27-21-9-7-19(8-10-21)17(2)3/h7-10,16-18,20H,6,11-15H2,1-5H3,(H,27,33). The largest absolute Gasteiger partial charge is 0.466 e. The van der Waals surface area contributed by atoms with Crippen molar-refractivity contribution >= 4 is 34.9 Å². The lowest BCUT2D eigenvalue weighted by Crippen LogP contribution is -2.41. The average Bonchev–Trinajstić information content (AvgIpc) is 3.31. The smallest absolute Gasteiger partial charge is 0.322 e. The Hall–Kier alpha value is -2.94. The molecule has 0 aliphatic carbocycles. The van der Waals surface area contributed by atoms with E-state index in [1.165, 1.54) is 16.9 Å². The van der Waals surface area contributed by atoms with Crippen LogP contribution in [-0.4, -0.2) is 58.4 Å². The molecule has 1 aliphatic rings. The van der Waals surface area contributed by atoms with Crippen LogP contribution < -0.4 is 5.32 Å². The lowest BCUT2D eigenvalue weighted by Gasteiger charge is -2.30. The number of likely N-dealkylation sites (tertiary alicyclic amines) is 1. The van der Waals surface area contributed by atoms with Gasteiger partial charge in [-0.3, -0.25) is 9.59 Å². The molecule has 0 unspecified atom stereocenters. The number of carbonyl (C=O) groups excluding carboxylic acids is 3. The van der Waals surface area contributed by atoms with Crippen molar-refractivity contribution in [2.75, 3.05) is 25.0 Å². The Balaban J connectivity index is 1.59. The maximum Gasteiger partial charge on any atom is 0.322 e. The van der Waals surface area contributed by atoms with Crippen LogP contribution in [0.5, 0.6) is 0 Å². The number of piperidine rings is 1. The number of ether oxygens (including phenoxy) is 1. The van der Waals surface area contributed by atoms with Gasteiger partial charge < -0.3 is 19.9 Å². The maximum absolute atomic E-state index is 13.0. The number of hydrogen-bond donors (Lipinski definition) is 1. The zero-order valence-electron chi connectivity index (χ0n) is 21.2. The van der Waals surface area contributed by atoms with E-state index in [0.29, 0.717) is 55.7 Å². The van der Waals surface area contributed by atoms with Crippen molar-refractivity contribution in [3.8, 4) is 0 Å². The Morgan fingerprint density at radius 1 is 1.14 bits per heavy atom. The fourth-order valence-electron chi connectivity index (χ4n) is 4.00. The zero-order chi connectivity index (χ0) is 25.5. The van der Waals surface area contributed by atoms with Crippen LogP contribution in [-0.2, 0) is 16.1 Å². The second-order valence-corrected chi connectivity index (χ2v) is 10.3. The van der Waals surface area contributed by atoms with Gasteiger partial charge in [-0.1, -0.05) is 26.0 Å². The summed E-state index contributed by atoms with van der Waals surface area (Å²) in [5.41, 5.74) is 2.34. The molecule has 1 saturated heterocycles. The SMILES string of the molecule is CCOC(=O)C1CCN(C(=O)c2csc(CN(C(=O)Nc3ccc(C(C)C)cc3)C(C)C)n2)CC1. The van der Waals surface area contributed by atoms with E-state index >= 15 is 0 Å².